The molecule has 4 nitrogen and oxygen atoms in total. The van der Waals surface area contributed by atoms with Crippen molar-refractivity contribution in [1.82, 2.24) is 0 Å². The van der Waals surface area contributed by atoms with E-state index in [9.17, 15) is 0 Å². The van der Waals surface area contributed by atoms with Gasteiger partial charge in [-0.05, 0) is 13.0 Å². The molecule has 1 fully saturated rings. The Hall–Kier alpha value is -1.10. The molecule has 1 aliphatic rings. The quantitative estimate of drug-likeness (QED) is 0.842. The molecule has 2 N–H and O–H groups in total. The highest BCUT2D eigenvalue weighted by atomic mass is 16.7. The van der Waals surface area contributed by atoms with Crippen LogP contribution in [0.4, 0.5) is 0 Å². The Kier molecular flexibility index (Phi) is 3.14. The Morgan fingerprint density at radius 1 is 1.50 bits per heavy atom. The van der Waals surface area contributed by atoms with Crippen molar-refractivity contribution in [3.8, 4) is 5.75 Å². The molecule has 1 aromatic rings. The van der Waals surface area contributed by atoms with E-state index in [-0.39, 0.29) is 6.10 Å². The van der Waals surface area contributed by atoms with Crippen LogP contribution < -0.4 is 10.5 Å². The van der Waals surface area contributed by atoms with Gasteiger partial charge in [0.25, 0.3) is 0 Å². The fourth-order valence-corrected chi connectivity index (χ4v) is 1.81. The Labute approximate surface area is 95.3 Å². The monoisotopic (exact) mass is 223 g/mol. The first-order valence-electron chi connectivity index (χ1n) is 5.33. The van der Waals surface area contributed by atoms with E-state index < -0.39 is 5.79 Å². The van der Waals surface area contributed by atoms with Crippen molar-refractivity contribution in [1.29, 1.82) is 0 Å². The van der Waals surface area contributed by atoms with E-state index in [1.807, 2.05) is 31.2 Å². The molecule has 88 valence electrons. The van der Waals surface area contributed by atoms with E-state index in [4.69, 9.17) is 19.9 Å². The maximum atomic E-state index is 5.80. The summed E-state index contributed by atoms with van der Waals surface area (Å²) < 4.78 is 16.6. The number of nitrogens with two attached hydrogens (primary N) is 1. The second-order valence-corrected chi connectivity index (χ2v) is 4.00. The Morgan fingerprint density at radius 3 is 2.88 bits per heavy atom. The second-order valence-electron chi connectivity index (χ2n) is 4.00. The predicted octanol–water partition coefficient (Wildman–Crippen LogP) is 1.46. The van der Waals surface area contributed by atoms with Gasteiger partial charge in [0, 0.05) is 12.1 Å². The van der Waals surface area contributed by atoms with Gasteiger partial charge in [0.15, 0.2) is 5.79 Å². The standard InChI is InChI=1S/C12H17NO3/c1-12(8-13)15-7-11(16-12)9-5-3-4-6-10(9)14-2/h3-6,11H,7-8,13H2,1-2H3. The molecule has 4 heteroatoms. The molecule has 2 rings (SSSR count). The Bertz CT molecular complexity index is 369. The molecule has 2 atom stereocenters. The normalized spacial score (nSPS) is 29.3. The molecule has 0 aromatic heterocycles. The molecule has 1 aromatic carbocycles. The first-order valence-corrected chi connectivity index (χ1v) is 5.33. The molecule has 0 amide bonds. The van der Waals surface area contributed by atoms with E-state index >= 15 is 0 Å². The van der Waals surface area contributed by atoms with Crippen LogP contribution in [-0.4, -0.2) is 26.0 Å². The van der Waals surface area contributed by atoms with Gasteiger partial charge < -0.3 is 19.9 Å². The third-order valence-electron chi connectivity index (χ3n) is 2.79. The molecule has 2 unspecified atom stereocenters. The lowest BCUT2D eigenvalue weighted by Gasteiger charge is -2.21. The van der Waals surface area contributed by atoms with Gasteiger partial charge in [-0.25, -0.2) is 0 Å². The van der Waals surface area contributed by atoms with Crippen molar-refractivity contribution in [2.45, 2.75) is 18.8 Å². The van der Waals surface area contributed by atoms with Gasteiger partial charge >= 0.3 is 0 Å². The highest BCUT2D eigenvalue weighted by Gasteiger charge is 2.37. The predicted molar refractivity (Wildman–Crippen MR) is 60.2 cm³/mol. The van der Waals surface area contributed by atoms with Crippen molar-refractivity contribution >= 4 is 0 Å². The summed E-state index contributed by atoms with van der Waals surface area (Å²) in [4.78, 5) is 0. The number of para-hydroxylation sites is 1. The first kappa shape index (κ1) is 11.4. The summed E-state index contributed by atoms with van der Waals surface area (Å²) in [6.45, 7) is 2.70. The topological polar surface area (TPSA) is 53.7 Å². The highest BCUT2D eigenvalue weighted by Crippen LogP contribution is 2.36. The number of hydrogen-bond acceptors (Lipinski definition) is 4. The summed E-state index contributed by atoms with van der Waals surface area (Å²) in [7, 11) is 1.65. The fraction of sp³-hybridized carbons (Fsp3) is 0.500. The maximum Gasteiger partial charge on any atom is 0.178 e. The zero-order chi connectivity index (χ0) is 11.6. The van der Waals surface area contributed by atoms with E-state index in [1.165, 1.54) is 0 Å². The molecule has 1 heterocycles. The molecule has 0 aliphatic carbocycles. The molecule has 0 bridgehead atoms. The van der Waals surface area contributed by atoms with Crippen molar-refractivity contribution < 1.29 is 14.2 Å². The van der Waals surface area contributed by atoms with Gasteiger partial charge in [0.05, 0.1) is 13.7 Å². The van der Waals surface area contributed by atoms with E-state index in [2.05, 4.69) is 0 Å². The summed E-state index contributed by atoms with van der Waals surface area (Å²) in [6, 6.07) is 7.78. The lowest BCUT2D eigenvalue weighted by atomic mass is 10.1. The summed E-state index contributed by atoms with van der Waals surface area (Å²) in [5.74, 6) is 0.142. The first-order chi connectivity index (χ1) is 7.68. The number of rotatable bonds is 3. The average Bonchev–Trinajstić information content (AvgIpc) is 2.73. The number of ether oxygens (including phenoxy) is 3. The summed E-state index contributed by atoms with van der Waals surface area (Å²) in [5, 5.41) is 0. The van der Waals surface area contributed by atoms with Crippen LogP contribution in [-0.2, 0) is 9.47 Å². The van der Waals surface area contributed by atoms with Gasteiger partial charge in [-0.2, -0.15) is 0 Å². The highest BCUT2D eigenvalue weighted by molar-refractivity contribution is 5.35. The van der Waals surface area contributed by atoms with Crippen LogP contribution in [0.5, 0.6) is 5.75 Å². The molecule has 1 saturated heterocycles. The third kappa shape index (κ3) is 2.04. The molecule has 0 radical (unpaired) electrons. The van der Waals surface area contributed by atoms with Crippen molar-refractivity contribution in [2.75, 3.05) is 20.3 Å². The van der Waals surface area contributed by atoms with Crippen LogP contribution in [0, 0.1) is 0 Å². The summed E-state index contributed by atoms with van der Waals surface area (Å²) in [6.07, 6.45) is -0.107. The second kappa shape index (κ2) is 4.41. The summed E-state index contributed by atoms with van der Waals surface area (Å²) in [5.41, 5.74) is 6.60. The number of methoxy groups -OCH3 is 1. The van der Waals surface area contributed by atoms with E-state index in [1.54, 1.807) is 7.11 Å². The van der Waals surface area contributed by atoms with E-state index in [0.717, 1.165) is 11.3 Å². The number of benzene rings is 1. The Balaban J connectivity index is 2.20. The zero-order valence-corrected chi connectivity index (χ0v) is 9.60. The minimum Gasteiger partial charge on any atom is -0.496 e. The molecule has 16 heavy (non-hydrogen) atoms. The van der Waals surface area contributed by atoms with E-state index in [0.29, 0.717) is 13.2 Å². The lowest BCUT2D eigenvalue weighted by Crippen LogP contribution is -2.35. The third-order valence-corrected chi connectivity index (χ3v) is 2.79. The van der Waals surface area contributed by atoms with Crippen LogP contribution in [0.25, 0.3) is 0 Å². The van der Waals surface area contributed by atoms with Crippen molar-refractivity contribution in [2.24, 2.45) is 5.73 Å². The van der Waals surface area contributed by atoms with Crippen LogP contribution in [0.3, 0.4) is 0 Å². The Morgan fingerprint density at radius 2 is 2.25 bits per heavy atom. The molecule has 1 aliphatic heterocycles. The minimum atomic E-state index is -0.675. The zero-order valence-electron chi connectivity index (χ0n) is 9.60. The van der Waals surface area contributed by atoms with Gasteiger partial charge in [-0.3, -0.25) is 0 Å². The van der Waals surface area contributed by atoms with Crippen molar-refractivity contribution in [3.63, 3.8) is 0 Å². The minimum absolute atomic E-state index is 0.107. The smallest absolute Gasteiger partial charge is 0.178 e. The van der Waals surface area contributed by atoms with Crippen molar-refractivity contribution in [3.05, 3.63) is 29.8 Å². The van der Waals surface area contributed by atoms with Gasteiger partial charge in [0.1, 0.15) is 11.9 Å². The van der Waals surface area contributed by atoms with Gasteiger partial charge in [-0.1, -0.05) is 18.2 Å². The molecular weight excluding hydrogens is 206 g/mol. The fourth-order valence-electron chi connectivity index (χ4n) is 1.81. The molecule has 0 saturated carbocycles. The average molecular weight is 223 g/mol. The van der Waals surface area contributed by atoms with Crippen LogP contribution >= 0.6 is 0 Å². The maximum absolute atomic E-state index is 5.80. The lowest BCUT2D eigenvalue weighted by molar-refractivity contribution is -0.146. The van der Waals surface area contributed by atoms with Crippen LogP contribution in [0.1, 0.15) is 18.6 Å². The molecule has 0 spiro atoms. The van der Waals surface area contributed by atoms with Gasteiger partial charge in [0.2, 0.25) is 0 Å². The van der Waals surface area contributed by atoms with Crippen LogP contribution in [0.15, 0.2) is 24.3 Å². The largest absolute Gasteiger partial charge is 0.496 e. The molecular formula is C12H17NO3. The summed E-state index contributed by atoms with van der Waals surface area (Å²) >= 11 is 0. The van der Waals surface area contributed by atoms with Crippen LogP contribution in [0.2, 0.25) is 0 Å². The van der Waals surface area contributed by atoms with Gasteiger partial charge in [-0.15, -0.1) is 0 Å². The SMILES string of the molecule is COc1ccccc1C1COC(C)(CN)O1. The number of hydrogen-bond donors (Lipinski definition) is 1.